The SMILES string of the molecule is C=N/C(C(=C)/C=C\Cc1ccc2c(c1)c1ccccc1n1c(/C=C\C)c(C)nc21)=c1\cccc\c1=C\C. The molecule has 3 nitrogen and oxygen atoms in total. The summed E-state index contributed by atoms with van der Waals surface area (Å²) >= 11 is 0. The molecule has 5 aromatic rings. The zero-order valence-electron chi connectivity index (χ0n) is 21.7. The van der Waals surface area contributed by atoms with E-state index in [1.54, 1.807) is 0 Å². The second kappa shape index (κ2) is 10.2. The summed E-state index contributed by atoms with van der Waals surface area (Å²) < 4.78 is 2.28. The van der Waals surface area contributed by atoms with E-state index in [1.165, 1.54) is 21.9 Å². The zero-order valence-corrected chi connectivity index (χ0v) is 21.7. The molecule has 3 aromatic carbocycles. The van der Waals surface area contributed by atoms with Crippen molar-refractivity contribution in [2.24, 2.45) is 4.99 Å². The lowest BCUT2D eigenvalue weighted by atomic mass is 10.0. The molecule has 0 aliphatic heterocycles. The smallest absolute Gasteiger partial charge is 0.145 e. The lowest BCUT2D eigenvalue weighted by Gasteiger charge is -2.11. The van der Waals surface area contributed by atoms with Crippen molar-refractivity contribution in [2.75, 3.05) is 0 Å². The Bertz CT molecular complexity index is 1860. The van der Waals surface area contributed by atoms with Crippen LogP contribution in [0.25, 0.3) is 45.2 Å². The molecule has 0 radical (unpaired) electrons. The fourth-order valence-electron chi connectivity index (χ4n) is 5.09. The lowest BCUT2D eigenvalue weighted by molar-refractivity contribution is 1.23. The Morgan fingerprint density at radius 3 is 2.54 bits per heavy atom. The van der Waals surface area contributed by atoms with E-state index in [0.29, 0.717) is 0 Å². The molecule has 0 N–H and O–H groups in total. The van der Waals surface area contributed by atoms with Gasteiger partial charge in [0.1, 0.15) is 5.65 Å². The molecule has 0 bridgehead atoms. The number of rotatable bonds is 6. The molecule has 0 saturated heterocycles. The summed E-state index contributed by atoms with van der Waals surface area (Å²) in [6.45, 7) is 14.2. The van der Waals surface area contributed by atoms with Gasteiger partial charge in [0.15, 0.2) is 0 Å². The third-order valence-corrected chi connectivity index (χ3v) is 6.84. The molecule has 37 heavy (non-hydrogen) atoms. The summed E-state index contributed by atoms with van der Waals surface area (Å²) in [5.41, 5.74) is 7.22. The fourth-order valence-corrected chi connectivity index (χ4v) is 5.09. The maximum absolute atomic E-state index is 4.96. The lowest BCUT2D eigenvalue weighted by Crippen LogP contribution is -2.26. The van der Waals surface area contributed by atoms with E-state index in [4.69, 9.17) is 4.98 Å². The predicted molar refractivity (Wildman–Crippen MR) is 160 cm³/mol. The van der Waals surface area contributed by atoms with Crippen LogP contribution in [0.5, 0.6) is 0 Å². The van der Waals surface area contributed by atoms with Gasteiger partial charge in [-0.25, -0.2) is 4.98 Å². The number of benzene rings is 3. The average Bonchev–Trinajstić information content (AvgIpc) is 3.25. The minimum atomic E-state index is 0.789. The van der Waals surface area contributed by atoms with Gasteiger partial charge < -0.3 is 0 Å². The average molecular weight is 482 g/mol. The van der Waals surface area contributed by atoms with Crippen molar-refractivity contribution in [1.29, 1.82) is 0 Å². The van der Waals surface area contributed by atoms with E-state index >= 15 is 0 Å². The van der Waals surface area contributed by atoms with Gasteiger partial charge in [0.05, 0.1) is 22.6 Å². The third-order valence-electron chi connectivity index (χ3n) is 6.84. The molecule has 0 fully saturated rings. The van der Waals surface area contributed by atoms with Gasteiger partial charge in [0.2, 0.25) is 0 Å². The van der Waals surface area contributed by atoms with E-state index in [0.717, 1.165) is 50.5 Å². The van der Waals surface area contributed by atoms with Crippen LogP contribution in [0, 0.1) is 6.92 Å². The van der Waals surface area contributed by atoms with Crippen LogP contribution < -0.4 is 10.4 Å². The first-order valence-corrected chi connectivity index (χ1v) is 12.6. The van der Waals surface area contributed by atoms with Gasteiger partial charge in [-0.1, -0.05) is 91.5 Å². The molecule has 0 amide bonds. The van der Waals surface area contributed by atoms with Crippen molar-refractivity contribution < 1.29 is 0 Å². The Hall–Kier alpha value is -4.50. The predicted octanol–water partition coefficient (Wildman–Crippen LogP) is 6.95. The summed E-state index contributed by atoms with van der Waals surface area (Å²) in [6.07, 6.45) is 11.3. The number of hydrogen-bond donors (Lipinski definition) is 0. The first-order chi connectivity index (χ1) is 18.1. The van der Waals surface area contributed by atoms with Crippen molar-refractivity contribution in [1.82, 2.24) is 9.38 Å². The maximum Gasteiger partial charge on any atom is 0.145 e. The number of pyridine rings is 1. The second-order valence-corrected chi connectivity index (χ2v) is 9.15. The van der Waals surface area contributed by atoms with Crippen molar-refractivity contribution >= 4 is 51.9 Å². The highest BCUT2D eigenvalue weighted by molar-refractivity contribution is 6.12. The van der Waals surface area contributed by atoms with Crippen LogP contribution in [0.2, 0.25) is 0 Å². The summed E-state index contributed by atoms with van der Waals surface area (Å²) in [5.74, 6) is 0. The summed E-state index contributed by atoms with van der Waals surface area (Å²) in [6, 6.07) is 23.5. The zero-order chi connectivity index (χ0) is 25.9. The molecule has 2 heterocycles. The van der Waals surface area contributed by atoms with E-state index in [-0.39, 0.29) is 0 Å². The minimum Gasteiger partial charge on any atom is -0.292 e. The second-order valence-electron chi connectivity index (χ2n) is 9.15. The third kappa shape index (κ3) is 4.34. The van der Waals surface area contributed by atoms with E-state index in [9.17, 15) is 0 Å². The number of para-hydroxylation sites is 1. The van der Waals surface area contributed by atoms with E-state index in [2.05, 4.69) is 109 Å². The Balaban J connectivity index is 1.56. The number of imidazole rings is 1. The topological polar surface area (TPSA) is 29.7 Å². The van der Waals surface area contributed by atoms with Gasteiger partial charge in [0, 0.05) is 16.0 Å². The molecule has 182 valence electrons. The first-order valence-electron chi connectivity index (χ1n) is 12.6. The molecule has 0 atom stereocenters. The van der Waals surface area contributed by atoms with Gasteiger partial charge in [-0.05, 0) is 67.8 Å². The van der Waals surface area contributed by atoms with Gasteiger partial charge in [0.25, 0.3) is 0 Å². The highest BCUT2D eigenvalue weighted by Crippen LogP contribution is 2.32. The number of aliphatic imine (C=N–C) groups is 1. The van der Waals surface area contributed by atoms with Crippen LogP contribution in [0.3, 0.4) is 0 Å². The van der Waals surface area contributed by atoms with Gasteiger partial charge in [-0.3, -0.25) is 9.39 Å². The summed E-state index contributed by atoms with van der Waals surface area (Å²) in [4.78, 5) is 9.26. The van der Waals surface area contributed by atoms with Crippen LogP contribution in [-0.2, 0) is 6.42 Å². The monoisotopic (exact) mass is 481 g/mol. The Morgan fingerprint density at radius 2 is 1.76 bits per heavy atom. The van der Waals surface area contributed by atoms with Gasteiger partial charge in [-0.2, -0.15) is 0 Å². The van der Waals surface area contributed by atoms with Crippen LogP contribution in [-0.4, -0.2) is 16.1 Å². The molecule has 0 spiro atoms. The van der Waals surface area contributed by atoms with Crippen molar-refractivity contribution in [3.05, 3.63) is 124 Å². The van der Waals surface area contributed by atoms with Gasteiger partial charge >= 0.3 is 0 Å². The minimum absolute atomic E-state index is 0.789. The van der Waals surface area contributed by atoms with E-state index in [1.807, 2.05) is 32.1 Å². The largest absolute Gasteiger partial charge is 0.292 e. The highest BCUT2D eigenvalue weighted by atomic mass is 15.0. The first kappa shape index (κ1) is 24.2. The summed E-state index contributed by atoms with van der Waals surface area (Å²) in [7, 11) is 0. The van der Waals surface area contributed by atoms with Crippen LogP contribution >= 0.6 is 0 Å². The van der Waals surface area contributed by atoms with Crippen LogP contribution in [0.15, 0.2) is 102 Å². The fraction of sp³-hybridized carbons (Fsp3) is 0.118. The van der Waals surface area contributed by atoms with Crippen molar-refractivity contribution in [3.63, 3.8) is 0 Å². The molecular weight excluding hydrogens is 450 g/mol. The molecule has 2 aromatic heterocycles. The number of aryl methyl sites for hydroxylation is 1. The Kier molecular flexibility index (Phi) is 6.70. The number of hydrogen-bond acceptors (Lipinski definition) is 2. The standard InChI is InChI=1S/C34H31N3/c1-6-13-31-24(4)36-34-29-21-20-25(22-30(29)28-18-10-11-19-32(28)37(31)34)15-12-14-23(3)33(35-5)27-17-9-8-16-26(27)7-2/h6-14,16-22H,3,5,15H2,1-2,4H3/b13-6-,14-12-,26-7-,33-27+. The van der Waals surface area contributed by atoms with Crippen molar-refractivity contribution in [2.45, 2.75) is 27.2 Å². The molecular formula is C34H31N3. The highest BCUT2D eigenvalue weighted by Gasteiger charge is 2.14. The summed E-state index contributed by atoms with van der Waals surface area (Å²) in [5, 5.41) is 5.77. The molecule has 0 unspecified atom stereocenters. The Morgan fingerprint density at radius 1 is 0.973 bits per heavy atom. The van der Waals surface area contributed by atoms with Gasteiger partial charge in [-0.15, -0.1) is 0 Å². The van der Waals surface area contributed by atoms with Crippen LogP contribution in [0.4, 0.5) is 0 Å². The quantitative estimate of drug-likeness (QED) is 0.147. The van der Waals surface area contributed by atoms with E-state index < -0.39 is 0 Å². The Labute approximate surface area is 217 Å². The number of fused-ring (bicyclic) bond motifs is 6. The molecule has 5 rings (SSSR count). The maximum atomic E-state index is 4.96. The normalized spacial score (nSPS) is 13.4. The van der Waals surface area contributed by atoms with Crippen molar-refractivity contribution in [3.8, 4) is 0 Å². The number of allylic oxidation sites excluding steroid dienone is 2. The molecule has 0 aliphatic rings. The number of nitrogens with zero attached hydrogens (tertiary/aromatic N) is 3. The van der Waals surface area contributed by atoms with Crippen LogP contribution in [0.1, 0.15) is 30.8 Å². The number of aromatic nitrogens is 2. The molecule has 3 heteroatoms. The molecule has 0 aliphatic carbocycles. The molecule has 0 saturated carbocycles.